The van der Waals surface area contributed by atoms with Crippen LogP contribution in [0.2, 0.25) is 0 Å². The fraction of sp³-hybridized carbons (Fsp3) is 0.267. The van der Waals surface area contributed by atoms with E-state index < -0.39 is 5.97 Å². The van der Waals surface area contributed by atoms with Gasteiger partial charge in [-0.2, -0.15) is 0 Å². The van der Waals surface area contributed by atoms with Gasteiger partial charge in [-0.1, -0.05) is 11.8 Å². The van der Waals surface area contributed by atoms with E-state index in [2.05, 4.69) is 10.2 Å². The zero-order valence-corrected chi connectivity index (χ0v) is 13.5. The summed E-state index contributed by atoms with van der Waals surface area (Å²) in [4.78, 5) is 11.6. The van der Waals surface area contributed by atoms with E-state index in [1.165, 1.54) is 25.1 Å². The van der Waals surface area contributed by atoms with Gasteiger partial charge in [-0.25, -0.2) is 4.79 Å². The number of carbonyl (C=O) groups is 1. The molecule has 7 nitrogen and oxygen atoms in total. The quantitative estimate of drug-likeness (QED) is 0.506. The number of thioether (sulfide) groups is 1. The lowest BCUT2D eigenvalue weighted by atomic mass is 10.3. The van der Waals surface area contributed by atoms with Gasteiger partial charge in [0.1, 0.15) is 0 Å². The average Bonchev–Trinajstić information content (AvgIpc) is 3.30. The first-order valence-electron chi connectivity index (χ1n) is 6.99. The van der Waals surface area contributed by atoms with E-state index in [0.717, 1.165) is 10.7 Å². The smallest absolute Gasteiger partial charge is 0.374 e. The SMILES string of the molecule is CCn1c(SCc2ccoc2C(=O)OC)nnc1-c1ccco1. The third-order valence-electron chi connectivity index (χ3n) is 3.25. The molecular formula is C15H15N3O4S. The van der Waals surface area contributed by atoms with Crippen molar-refractivity contribution in [2.45, 2.75) is 24.4 Å². The van der Waals surface area contributed by atoms with Gasteiger partial charge in [0, 0.05) is 17.9 Å². The molecule has 0 aliphatic heterocycles. The summed E-state index contributed by atoms with van der Waals surface area (Å²) in [6.07, 6.45) is 3.08. The van der Waals surface area contributed by atoms with Crippen molar-refractivity contribution < 1.29 is 18.4 Å². The van der Waals surface area contributed by atoms with Crippen LogP contribution in [0.1, 0.15) is 23.0 Å². The van der Waals surface area contributed by atoms with Crippen LogP contribution in [0, 0.1) is 0 Å². The molecule has 3 rings (SSSR count). The molecule has 120 valence electrons. The number of hydrogen-bond donors (Lipinski definition) is 0. The zero-order valence-electron chi connectivity index (χ0n) is 12.7. The molecule has 0 spiro atoms. The molecule has 0 fully saturated rings. The normalized spacial score (nSPS) is 10.9. The number of furan rings is 2. The standard InChI is InChI=1S/C15H15N3O4S/c1-3-18-13(11-5-4-7-21-11)16-17-15(18)23-9-10-6-8-22-12(10)14(19)20-2/h4-8H,3,9H2,1-2H3. The highest BCUT2D eigenvalue weighted by Gasteiger charge is 2.19. The van der Waals surface area contributed by atoms with Crippen LogP contribution < -0.4 is 0 Å². The molecule has 0 N–H and O–H groups in total. The Hall–Kier alpha value is -2.48. The first kappa shape index (κ1) is 15.4. The monoisotopic (exact) mass is 333 g/mol. The van der Waals surface area contributed by atoms with Crippen molar-refractivity contribution in [2.75, 3.05) is 7.11 Å². The van der Waals surface area contributed by atoms with E-state index in [1.54, 1.807) is 12.3 Å². The first-order valence-corrected chi connectivity index (χ1v) is 7.97. The van der Waals surface area contributed by atoms with Crippen LogP contribution >= 0.6 is 11.8 Å². The topological polar surface area (TPSA) is 83.3 Å². The third-order valence-corrected chi connectivity index (χ3v) is 4.26. The molecule has 0 aliphatic carbocycles. The molecule has 0 saturated heterocycles. The summed E-state index contributed by atoms with van der Waals surface area (Å²) in [6, 6.07) is 5.40. The molecule has 8 heteroatoms. The van der Waals surface area contributed by atoms with Gasteiger partial charge in [-0.3, -0.25) is 4.57 Å². The maximum absolute atomic E-state index is 11.6. The summed E-state index contributed by atoms with van der Waals surface area (Å²) in [5, 5.41) is 9.14. The minimum absolute atomic E-state index is 0.217. The molecule has 0 amide bonds. The second-order valence-electron chi connectivity index (χ2n) is 4.58. The molecule has 23 heavy (non-hydrogen) atoms. The highest BCUT2D eigenvalue weighted by atomic mass is 32.2. The number of carbonyl (C=O) groups excluding carboxylic acids is 1. The second-order valence-corrected chi connectivity index (χ2v) is 5.53. The van der Waals surface area contributed by atoms with Crippen molar-refractivity contribution in [3.63, 3.8) is 0 Å². The summed E-state index contributed by atoms with van der Waals surface area (Å²) in [5.41, 5.74) is 0.757. The zero-order chi connectivity index (χ0) is 16.2. The van der Waals surface area contributed by atoms with Gasteiger partial charge < -0.3 is 13.6 Å². The molecular weight excluding hydrogens is 318 g/mol. The number of esters is 1. The predicted molar refractivity (Wildman–Crippen MR) is 83.0 cm³/mol. The Labute approximate surface area is 136 Å². The van der Waals surface area contributed by atoms with E-state index in [-0.39, 0.29) is 5.76 Å². The Morgan fingerprint density at radius 1 is 1.30 bits per heavy atom. The van der Waals surface area contributed by atoms with Crippen LogP contribution in [0.25, 0.3) is 11.6 Å². The lowest BCUT2D eigenvalue weighted by Crippen LogP contribution is -2.03. The Morgan fingerprint density at radius 3 is 2.87 bits per heavy atom. The second kappa shape index (κ2) is 6.74. The molecule has 0 bridgehead atoms. The molecule has 0 atom stereocenters. The first-order chi connectivity index (χ1) is 11.2. The van der Waals surface area contributed by atoms with Gasteiger partial charge in [0.15, 0.2) is 16.7 Å². The number of rotatable bonds is 6. The molecule has 0 aliphatic rings. The lowest BCUT2D eigenvalue weighted by molar-refractivity contribution is 0.0564. The molecule has 0 aromatic carbocycles. The highest BCUT2D eigenvalue weighted by Crippen LogP contribution is 2.28. The fourth-order valence-corrected chi connectivity index (χ4v) is 3.11. The number of aromatic nitrogens is 3. The highest BCUT2D eigenvalue weighted by molar-refractivity contribution is 7.98. The summed E-state index contributed by atoms with van der Waals surface area (Å²) in [5.74, 6) is 1.61. The van der Waals surface area contributed by atoms with Crippen molar-refractivity contribution in [3.05, 3.63) is 42.0 Å². The summed E-state index contributed by atoms with van der Waals surface area (Å²) >= 11 is 1.47. The van der Waals surface area contributed by atoms with Crippen LogP contribution in [0.5, 0.6) is 0 Å². The predicted octanol–water partition coefficient (Wildman–Crippen LogP) is 3.23. The largest absolute Gasteiger partial charge is 0.463 e. The van der Waals surface area contributed by atoms with Crippen LogP contribution in [0.3, 0.4) is 0 Å². The Bertz CT molecular complexity index is 792. The molecule has 3 aromatic heterocycles. The van der Waals surface area contributed by atoms with Crippen molar-refractivity contribution in [2.24, 2.45) is 0 Å². The van der Waals surface area contributed by atoms with E-state index >= 15 is 0 Å². The summed E-state index contributed by atoms with van der Waals surface area (Å²) < 4.78 is 17.2. The Morgan fingerprint density at radius 2 is 2.17 bits per heavy atom. The lowest BCUT2D eigenvalue weighted by Gasteiger charge is -2.05. The number of hydrogen-bond acceptors (Lipinski definition) is 7. The van der Waals surface area contributed by atoms with Gasteiger partial charge in [-0.15, -0.1) is 10.2 Å². The van der Waals surface area contributed by atoms with Crippen LogP contribution in [0.4, 0.5) is 0 Å². The van der Waals surface area contributed by atoms with Gasteiger partial charge in [0.25, 0.3) is 0 Å². The van der Waals surface area contributed by atoms with Gasteiger partial charge in [-0.05, 0) is 25.1 Å². The van der Waals surface area contributed by atoms with E-state index in [0.29, 0.717) is 23.9 Å². The maximum atomic E-state index is 11.6. The van der Waals surface area contributed by atoms with Crippen LogP contribution in [-0.2, 0) is 17.0 Å². The maximum Gasteiger partial charge on any atom is 0.374 e. The minimum Gasteiger partial charge on any atom is -0.463 e. The Kier molecular flexibility index (Phi) is 4.52. The summed E-state index contributed by atoms with van der Waals surface area (Å²) in [7, 11) is 1.32. The van der Waals surface area contributed by atoms with Crippen molar-refractivity contribution in [1.82, 2.24) is 14.8 Å². The third kappa shape index (κ3) is 3.02. The minimum atomic E-state index is -0.487. The molecule has 0 radical (unpaired) electrons. The van der Waals surface area contributed by atoms with Gasteiger partial charge in [0.05, 0.1) is 19.6 Å². The number of ether oxygens (including phenoxy) is 1. The molecule has 3 aromatic rings. The Balaban J connectivity index is 1.79. The average molecular weight is 333 g/mol. The van der Waals surface area contributed by atoms with E-state index in [4.69, 9.17) is 13.6 Å². The molecule has 3 heterocycles. The van der Waals surface area contributed by atoms with Crippen LogP contribution in [-0.4, -0.2) is 27.8 Å². The van der Waals surface area contributed by atoms with Crippen molar-refractivity contribution in [1.29, 1.82) is 0 Å². The van der Waals surface area contributed by atoms with Crippen molar-refractivity contribution in [3.8, 4) is 11.6 Å². The van der Waals surface area contributed by atoms with Gasteiger partial charge >= 0.3 is 5.97 Å². The van der Waals surface area contributed by atoms with E-state index in [9.17, 15) is 4.79 Å². The fourth-order valence-electron chi connectivity index (χ4n) is 2.13. The molecule has 0 saturated carbocycles. The van der Waals surface area contributed by atoms with Gasteiger partial charge in [0.2, 0.25) is 5.76 Å². The van der Waals surface area contributed by atoms with Crippen LogP contribution in [0.15, 0.2) is 44.7 Å². The number of nitrogens with zero attached hydrogens (tertiary/aromatic N) is 3. The molecule has 0 unspecified atom stereocenters. The summed E-state index contributed by atoms with van der Waals surface area (Å²) in [6.45, 7) is 2.72. The number of methoxy groups -OCH3 is 1. The van der Waals surface area contributed by atoms with E-state index in [1.807, 2.05) is 23.6 Å². The van der Waals surface area contributed by atoms with Crippen molar-refractivity contribution >= 4 is 17.7 Å².